The van der Waals surface area contributed by atoms with Gasteiger partial charge in [0.05, 0.1) is 35.1 Å². The zero-order chi connectivity index (χ0) is 30.4. The number of ether oxygens (including phenoxy) is 2. The van der Waals surface area contributed by atoms with E-state index in [1.165, 1.54) is 21.8 Å². The van der Waals surface area contributed by atoms with Crippen LogP contribution in [0.25, 0.3) is 11.1 Å². The van der Waals surface area contributed by atoms with Gasteiger partial charge in [-0.15, -0.1) is 11.3 Å². The van der Waals surface area contributed by atoms with Gasteiger partial charge in [0.15, 0.2) is 4.80 Å². The third kappa shape index (κ3) is 4.77. The molecule has 1 aromatic carbocycles. The van der Waals surface area contributed by atoms with E-state index in [9.17, 15) is 14.9 Å². The molecule has 6 rings (SSSR count). The zero-order valence-corrected chi connectivity index (χ0v) is 26.4. The molecule has 0 radical (unpaired) electrons. The van der Waals surface area contributed by atoms with Crippen molar-refractivity contribution in [2.75, 3.05) is 13.7 Å². The van der Waals surface area contributed by atoms with Gasteiger partial charge in [-0.2, -0.15) is 5.26 Å². The SMILES string of the molecule is CCOC(=O)C1=C(C)N=c2s/c(=C/c3cc(C)n(-c4sc5c(c4C#N)CCCC5)c3C)c(=O)n2[C@@H]1c1ccccc1OC. The first-order valence-electron chi connectivity index (χ1n) is 14.4. The van der Waals surface area contributed by atoms with Crippen LogP contribution in [-0.4, -0.2) is 28.8 Å². The molecule has 4 aromatic rings. The van der Waals surface area contributed by atoms with Gasteiger partial charge in [-0.1, -0.05) is 29.5 Å². The van der Waals surface area contributed by atoms with Crippen molar-refractivity contribution in [1.29, 1.82) is 5.26 Å². The third-order valence-corrected chi connectivity index (χ3v) is 10.4. The minimum Gasteiger partial charge on any atom is -0.496 e. The Kier molecular flexibility index (Phi) is 7.71. The van der Waals surface area contributed by atoms with Crippen LogP contribution >= 0.6 is 22.7 Å². The van der Waals surface area contributed by atoms with Crippen LogP contribution in [0.1, 0.15) is 71.2 Å². The Morgan fingerprint density at radius 1 is 1.19 bits per heavy atom. The molecule has 10 heteroatoms. The number of methoxy groups -OCH3 is 1. The van der Waals surface area contributed by atoms with Gasteiger partial charge in [-0.3, -0.25) is 9.36 Å². The zero-order valence-electron chi connectivity index (χ0n) is 24.8. The van der Waals surface area contributed by atoms with Crippen molar-refractivity contribution in [3.05, 3.63) is 99.8 Å². The second-order valence-corrected chi connectivity index (χ2v) is 12.8. The Hall–Kier alpha value is -4.20. The van der Waals surface area contributed by atoms with Gasteiger partial charge in [-0.25, -0.2) is 9.79 Å². The number of hydrogen-bond donors (Lipinski definition) is 0. The molecule has 0 saturated carbocycles. The number of esters is 1. The van der Waals surface area contributed by atoms with Crippen molar-refractivity contribution < 1.29 is 14.3 Å². The number of carbonyl (C=O) groups excluding carboxylic acids is 1. The summed E-state index contributed by atoms with van der Waals surface area (Å²) in [6, 6.07) is 11.2. The number of carbonyl (C=O) groups is 1. The minimum absolute atomic E-state index is 0.203. The number of thiophene rings is 1. The maximum Gasteiger partial charge on any atom is 0.338 e. The predicted molar refractivity (Wildman–Crippen MR) is 168 cm³/mol. The molecule has 0 amide bonds. The van der Waals surface area contributed by atoms with E-state index in [4.69, 9.17) is 14.5 Å². The van der Waals surface area contributed by atoms with Gasteiger partial charge < -0.3 is 14.0 Å². The highest BCUT2D eigenvalue weighted by Gasteiger charge is 2.35. The van der Waals surface area contributed by atoms with E-state index in [-0.39, 0.29) is 12.2 Å². The number of benzene rings is 1. The number of nitrogens with zero attached hydrogens (tertiary/aromatic N) is 4. The summed E-state index contributed by atoms with van der Waals surface area (Å²) in [5, 5.41) is 11.0. The third-order valence-electron chi connectivity index (χ3n) is 8.18. The molecule has 0 bridgehead atoms. The molecule has 0 saturated heterocycles. The lowest BCUT2D eigenvalue weighted by atomic mass is 9.95. The lowest BCUT2D eigenvalue weighted by molar-refractivity contribution is -0.139. The fourth-order valence-electron chi connectivity index (χ4n) is 6.19. The molecule has 220 valence electrons. The van der Waals surface area contributed by atoms with Gasteiger partial charge in [0.2, 0.25) is 0 Å². The van der Waals surface area contributed by atoms with Crippen LogP contribution in [0.15, 0.2) is 51.4 Å². The minimum atomic E-state index is -0.753. The number of aromatic nitrogens is 2. The molecule has 1 aliphatic carbocycles. The van der Waals surface area contributed by atoms with Crippen LogP contribution < -0.4 is 19.6 Å². The highest BCUT2D eigenvalue weighted by molar-refractivity contribution is 7.15. The molecule has 8 nitrogen and oxygen atoms in total. The molecule has 0 unspecified atom stereocenters. The van der Waals surface area contributed by atoms with Gasteiger partial charge in [-0.05, 0) is 82.7 Å². The smallest absolute Gasteiger partial charge is 0.338 e. The molecule has 2 aliphatic rings. The number of nitriles is 1. The van der Waals surface area contributed by atoms with E-state index in [1.807, 2.05) is 44.2 Å². The number of para-hydroxylation sites is 1. The number of allylic oxidation sites excluding steroid dienone is 1. The van der Waals surface area contributed by atoms with Crippen LogP contribution in [0.4, 0.5) is 0 Å². The number of aryl methyl sites for hydroxylation is 2. The van der Waals surface area contributed by atoms with Gasteiger partial charge >= 0.3 is 5.97 Å². The van der Waals surface area contributed by atoms with Gasteiger partial charge in [0, 0.05) is 21.8 Å². The lowest BCUT2D eigenvalue weighted by Gasteiger charge is -2.25. The summed E-state index contributed by atoms with van der Waals surface area (Å²) < 4.78 is 15.3. The number of hydrogen-bond acceptors (Lipinski definition) is 8. The summed E-state index contributed by atoms with van der Waals surface area (Å²) in [5.41, 5.74) is 6.07. The van der Waals surface area contributed by atoms with Crippen LogP contribution in [0.5, 0.6) is 5.75 Å². The first-order valence-corrected chi connectivity index (χ1v) is 16.0. The largest absolute Gasteiger partial charge is 0.496 e. The first kappa shape index (κ1) is 28.9. The second kappa shape index (κ2) is 11.5. The quantitative estimate of drug-likeness (QED) is 0.285. The average Bonchev–Trinajstić information content (AvgIpc) is 3.61. The maximum absolute atomic E-state index is 14.2. The summed E-state index contributed by atoms with van der Waals surface area (Å²) >= 11 is 3.00. The Balaban J connectivity index is 1.53. The summed E-state index contributed by atoms with van der Waals surface area (Å²) in [6.07, 6.45) is 6.12. The highest BCUT2D eigenvalue weighted by atomic mass is 32.1. The van der Waals surface area contributed by atoms with Crippen LogP contribution in [0, 0.1) is 25.2 Å². The molecule has 43 heavy (non-hydrogen) atoms. The van der Waals surface area contributed by atoms with E-state index in [0.717, 1.165) is 53.2 Å². The molecule has 0 N–H and O–H groups in total. The standard InChI is InChI=1S/C33H32N4O4S2/c1-6-41-32(39)28-19(3)35-33-37(29(28)23-12-7-9-13-25(23)40-5)30(38)27(43-33)16-21-15-18(2)36(20(21)4)31-24(17-34)22-11-8-10-14-26(22)42-31/h7,9,12-13,15-16,29H,6,8,10-11,14H2,1-5H3/b27-16+/t29-/m1/s1. The van der Waals surface area contributed by atoms with Crippen molar-refractivity contribution in [3.8, 4) is 16.8 Å². The van der Waals surface area contributed by atoms with Gasteiger partial charge in [0.25, 0.3) is 5.56 Å². The van der Waals surface area contributed by atoms with E-state index >= 15 is 0 Å². The molecule has 3 aromatic heterocycles. The van der Waals surface area contributed by atoms with E-state index in [1.54, 1.807) is 36.9 Å². The highest BCUT2D eigenvalue weighted by Crippen LogP contribution is 2.39. The predicted octanol–water partition coefficient (Wildman–Crippen LogP) is 5.03. The molecule has 1 aliphatic heterocycles. The summed E-state index contributed by atoms with van der Waals surface area (Å²) in [7, 11) is 1.57. The fraction of sp³-hybridized carbons (Fsp3) is 0.333. The van der Waals surface area contributed by atoms with E-state index in [2.05, 4.69) is 16.7 Å². The number of rotatable bonds is 6. The molecular formula is C33H32N4O4S2. The Morgan fingerprint density at radius 2 is 1.95 bits per heavy atom. The molecule has 1 atom stereocenters. The number of thiazole rings is 1. The molecule has 0 fully saturated rings. The van der Waals surface area contributed by atoms with Crippen LogP contribution in [0.2, 0.25) is 0 Å². The average molecular weight is 613 g/mol. The van der Waals surface area contributed by atoms with E-state index in [0.29, 0.717) is 31.9 Å². The van der Waals surface area contributed by atoms with Crippen LogP contribution in [0.3, 0.4) is 0 Å². The molecule has 4 heterocycles. The number of fused-ring (bicyclic) bond motifs is 2. The summed E-state index contributed by atoms with van der Waals surface area (Å²) in [4.78, 5) is 33.9. The topological polar surface area (TPSA) is 98.6 Å². The van der Waals surface area contributed by atoms with Crippen molar-refractivity contribution in [2.45, 2.75) is 59.4 Å². The van der Waals surface area contributed by atoms with Crippen molar-refractivity contribution >= 4 is 34.7 Å². The van der Waals surface area contributed by atoms with Gasteiger partial charge in [0.1, 0.15) is 22.9 Å². The molecule has 0 spiro atoms. The van der Waals surface area contributed by atoms with Crippen molar-refractivity contribution in [1.82, 2.24) is 9.13 Å². The summed E-state index contributed by atoms with van der Waals surface area (Å²) in [6.45, 7) is 7.78. The lowest BCUT2D eigenvalue weighted by Crippen LogP contribution is -2.40. The van der Waals surface area contributed by atoms with Crippen LogP contribution in [-0.2, 0) is 22.4 Å². The first-order chi connectivity index (χ1) is 20.8. The fourth-order valence-corrected chi connectivity index (χ4v) is 8.68. The van der Waals surface area contributed by atoms with Crippen molar-refractivity contribution in [2.24, 2.45) is 4.99 Å². The normalized spacial score (nSPS) is 16.4. The Labute approximate surface area is 257 Å². The Bertz CT molecular complexity index is 2030. The maximum atomic E-state index is 14.2. The van der Waals surface area contributed by atoms with E-state index < -0.39 is 12.0 Å². The second-order valence-electron chi connectivity index (χ2n) is 10.7. The van der Waals surface area contributed by atoms with Crippen molar-refractivity contribution in [3.63, 3.8) is 0 Å². The molecular weight excluding hydrogens is 581 g/mol. The monoisotopic (exact) mass is 612 g/mol. The Morgan fingerprint density at radius 3 is 2.70 bits per heavy atom. The summed E-state index contributed by atoms with van der Waals surface area (Å²) in [5.74, 6) is 0.0542.